The lowest BCUT2D eigenvalue weighted by atomic mass is 10.2. The van der Waals surface area contributed by atoms with Gasteiger partial charge in [0.1, 0.15) is 0 Å². The van der Waals surface area contributed by atoms with Gasteiger partial charge in [-0.3, -0.25) is 9.48 Å². The van der Waals surface area contributed by atoms with E-state index in [1.165, 1.54) is 4.68 Å². The molecule has 1 heterocycles. The monoisotopic (exact) mass is 231 g/mol. The van der Waals surface area contributed by atoms with E-state index in [0.717, 1.165) is 11.3 Å². The molecule has 1 aromatic carbocycles. The predicted molar refractivity (Wildman–Crippen MR) is 65.9 cm³/mol. The Kier molecular flexibility index (Phi) is 2.67. The van der Waals surface area contributed by atoms with Gasteiger partial charge < -0.3 is 0 Å². The molecular weight excluding hydrogens is 218 g/mol. The van der Waals surface area contributed by atoms with Crippen LogP contribution < -0.4 is 5.56 Å². The molecule has 0 fully saturated rings. The fourth-order valence-electron chi connectivity index (χ4n) is 1.78. The van der Waals surface area contributed by atoms with Gasteiger partial charge in [0.25, 0.3) is 0 Å². The molecule has 5 nitrogen and oxygen atoms in total. The highest BCUT2D eigenvalue weighted by molar-refractivity contribution is 5.44. The van der Waals surface area contributed by atoms with Crippen LogP contribution in [0.1, 0.15) is 11.3 Å². The number of nitrogens with zero attached hydrogens (tertiary/aromatic N) is 3. The fourth-order valence-corrected chi connectivity index (χ4v) is 1.78. The van der Waals surface area contributed by atoms with Crippen molar-refractivity contribution in [1.82, 2.24) is 9.36 Å². The molecule has 0 spiro atoms. The first-order chi connectivity index (χ1) is 8.06. The molecule has 17 heavy (non-hydrogen) atoms. The number of hydrogen-bond donors (Lipinski definition) is 0. The minimum absolute atomic E-state index is 0.0342. The average Bonchev–Trinajstić information content (AvgIpc) is 2.52. The maximum absolute atomic E-state index is 12.0. The van der Waals surface area contributed by atoms with Crippen LogP contribution >= 0.6 is 0 Å². The zero-order valence-corrected chi connectivity index (χ0v) is 9.97. The van der Waals surface area contributed by atoms with E-state index in [2.05, 4.69) is 5.18 Å². The third kappa shape index (κ3) is 1.69. The molecule has 1 aromatic heterocycles. The van der Waals surface area contributed by atoms with Crippen LogP contribution in [0.3, 0.4) is 0 Å². The zero-order chi connectivity index (χ0) is 12.6. The fraction of sp³-hybridized carbons (Fsp3) is 0.250. The molecule has 5 heteroatoms. The summed E-state index contributed by atoms with van der Waals surface area (Å²) < 4.78 is 3.06. The van der Waals surface area contributed by atoms with Gasteiger partial charge in [-0.25, -0.2) is 4.68 Å². The summed E-state index contributed by atoms with van der Waals surface area (Å²) in [4.78, 5) is 22.6. The number of aryl methyl sites for hydroxylation is 1. The summed E-state index contributed by atoms with van der Waals surface area (Å²) in [5, 5.41) is 2.79. The Balaban J connectivity index is 2.72. The predicted octanol–water partition coefficient (Wildman–Crippen LogP) is 2.19. The van der Waals surface area contributed by atoms with Gasteiger partial charge in [0, 0.05) is 7.05 Å². The molecule has 0 atom stereocenters. The van der Waals surface area contributed by atoms with Crippen molar-refractivity contribution in [3.05, 3.63) is 50.8 Å². The Labute approximate surface area is 98.3 Å². The van der Waals surface area contributed by atoms with Gasteiger partial charge in [-0.15, -0.1) is 4.91 Å². The van der Waals surface area contributed by atoms with Crippen molar-refractivity contribution in [3.8, 4) is 5.69 Å². The Morgan fingerprint density at radius 2 is 1.71 bits per heavy atom. The molecule has 0 unspecified atom stereocenters. The number of aromatic nitrogens is 2. The summed E-state index contributed by atoms with van der Waals surface area (Å²) in [5.74, 6) is 0. The van der Waals surface area contributed by atoms with Crippen LogP contribution in [0.5, 0.6) is 0 Å². The summed E-state index contributed by atoms with van der Waals surface area (Å²) >= 11 is 0. The summed E-state index contributed by atoms with van der Waals surface area (Å²) in [6, 6.07) is 7.51. The molecule has 88 valence electrons. The molecule has 0 N–H and O–H groups in total. The lowest BCUT2D eigenvalue weighted by Gasteiger charge is -2.07. The highest BCUT2D eigenvalue weighted by Gasteiger charge is 2.16. The van der Waals surface area contributed by atoms with E-state index in [9.17, 15) is 9.70 Å². The molecule has 0 bridgehead atoms. The molecule has 0 aliphatic rings. The second-order valence-electron chi connectivity index (χ2n) is 4.00. The summed E-state index contributed by atoms with van der Waals surface area (Å²) in [7, 11) is 1.73. The second-order valence-corrected chi connectivity index (χ2v) is 4.00. The first-order valence-electron chi connectivity index (χ1n) is 5.25. The lowest BCUT2D eigenvalue weighted by molar-refractivity contribution is 0.630. The third-order valence-corrected chi connectivity index (χ3v) is 2.89. The van der Waals surface area contributed by atoms with Crippen LogP contribution in [-0.4, -0.2) is 9.36 Å². The lowest BCUT2D eigenvalue weighted by Crippen LogP contribution is -2.19. The Hall–Kier alpha value is -2.17. The zero-order valence-electron chi connectivity index (χ0n) is 9.97. The Morgan fingerprint density at radius 3 is 2.18 bits per heavy atom. The quantitative estimate of drug-likeness (QED) is 0.744. The van der Waals surface area contributed by atoms with Crippen LogP contribution in [0.2, 0.25) is 0 Å². The van der Waals surface area contributed by atoms with Gasteiger partial charge in [-0.05, 0) is 31.2 Å². The van der Waals surface area contributed by atoms with E-state index in [0.29, 0.717) is 5.69 Å². The van der Waals surface area contributed by atoms with E-state index in [-0.39, 0.29) is 11.2 Å². The van der Waals surface area contributed by atoms with Crippen LogP contribution in [0, 0.1) is 18.8 Å². The van der Waals surface area contributed by atoms with Crippen molar-refractivity contribution >= 4 is 5.69 Å². The van der Waals surface area contributed by atoms with Crippen molar-refractivity contribution in [2.45, 2.75) is 13.8 Å². The summed E-state index contributed by atoms with van der Waals surface area (Å²) in [6.07, 6.45) is 0. The molecule has 0 saturated heterocycles. The normalized spacial score (nSPS) is 10.5. The molecule has 0 amide bonds. The van der Waals surface area contributed by atoms with Crippen LogP contribution in [0.25, 0.3) is 5.69 Å². The number of benzene rings is 1. The minimum Gasteiger partial charge on any atom is -0.283 e. The van der Waals surface area contributed by atoms with Gasteiger partial charge >= 0.3 is 5.56 Å². The topological polar surface area (TPSA) is 56.4 Å². The minimum atomic E-state index is -0.385. The highest BCUT2D eigenvalue weighted by Crippen LogP contribution is 2.16. The Morgan fingerprint density at radius 1 is 1.12 bits per heavy atom. The average molecular weight is 231 g/mol. The van der Waals surface area contributed by atoms with Gasteiger partial charge in [-0.2, -0.15) is 0 Å². The van der Waals surface area contributed by atoms with Crippen LogP contribution in [0.15, 0.2) is 34.2 Å². The number of nitroso groups, excluding NO2 is 1. The highest BCUT2D eigenvalue weighted by atomic mass is 16.3. The molecule has 0 radical (unpaired) electrons. The van der Waals surface area contributed by atoms with Crippen molar-refractivity contribution in [3.63, 3.8) is 0 Å². The molecule has 0 aliphatic heterocycles. The van der Waals surface area contributed by atoms with Gasteiger partial charge in [0.15, 0.2) is 5.69 Å². The van der Waals surface area contributed by atoms with Gasteiger partial charge in [-0.1, -0.05) is 17.7 Å². The molecule has 0 aliphatic carbocycles. The van der Waals surface area contributed by atoms with E-state index in [1.54, 1.807) is 18.7 Å². The molecule has 0 saturated carbocycles. The third-order valence-electron chi connectivity index (χ3n) is 2.89. The van der Waals surface area contributed by atoms with Crippen molar-refractivity contribution < 1.29 is 0 Å². The first kappa shape index (κ1) is 11.3. The van der Waals surface area contributed by atoms with Crippen molar-refractivity contribution in [1.29, 1.82) is 0 Å². The maximum Gasteiger partial charge on any atom is 0.301 e. The van der Waals surface area contributed by atoms with E-state index >= 15 is 0 Å². The Bertz CT molecular complexity index is 620. The van der Waals surface area contributed by atoms with E-state index in [4.69, 9.17) is 0 Å². The van der Waals surface area contributed by atoms with E-state index < -0.39 is 0 Å². The van der Waals surface area contributed by atoms with Crippen molar-refractivity contribution in [2.24, 2.45) is 12.2 Å². The van der Waals surface area contributed by atoms with Gasteiger partial charge in [0.2, 0.25) is 0 Å². The second kappa shape index (κ2) is 4.01. The standard InChI is InChI=1S/C12H13N3O2/c1-8-4-6-10(7-5-8)15-12(16)11(13-17)9(2)14(15)3/h4-7H,1-3H3. The first-order valence-corrected chi connectivity index (χ1v) is 5.25. The van der Waals surface area contributed by atoms with Crippen molar-refractivity contribution in [2.75, 3.05) is 0 Å². The SMILES string of the molecule is Cc1ccc(-n2c(=O)c(N=O)c(C)n2C)cc1. The van der Waals surface area contributed by atoms with Crippen LogP contribution in [0.4, 0.5) is 5.69 Å². The molecular formula is C12H13N3O2. The molecule has 2 rings (SSSR count). The largest absolute Gasteiger partial charge is 0.301 e. The number of hydrogen-bond acceptors (Lipinski definition) is 3. The van der Waals surface area contributed by atoms with Crippen LogP contribution in [-0.2, 0) is 7.05 Å². The summed E-state index contributed by atoms with van der Waals surface area (Å²) in [5.41, 5.74) is 1.98. The van der Waals surface area contributed by atoms with Gasteiger partial charge in [0.05, 0.1) is 11.4 Å². The maximum atomic E-state index is 12.0. The molecule has 2 aromatic rings. The smallest absolute Gasteiger partial charge is 0.283 e. The number of rotatable bonds is 2. The van der Waals surface area contributed by atoms with E-state index in [1.807, 2.05) is 31.2 Å². The summed E-state index contributed by atoms with van der Waals surface area (Å²) in [6.45, 7) is 3.67.